The number of carbonyl (C=O) groups is 2. The van der Waals surface area contributed by atoms with E-state index in [1.54, 1.807) is 19.6 Å². The zero-order valence-electron chi connectivity index (χ0n) is 21.6. The maximum atomic E-state index is 13.2. The molecule has 194 valence electrons. The molecule has 8 nitrogen and oxygen atoms in total. The predicted molar refractivity (Wildman–Crippen MR) is 135 cm³/mol. The second kappa shape index (κ2) is 15.1. The molecule has 0 aliphatic heterocycles. The number of aromatic nitrogens is 2. The molecule has 4 atom stereocenters. The number of H-pyrrole nitrogens is 1. The molecular formula is C26H47N5O3. The Bertz CT molecular complexity index is 703. The zero-order chi connectivity index (χ0) is 24.9. The highest BCUT2D eigenvalue weighted by atomic mass is 16.3. The Morgan fingerprint density at radius 2 is 1.94 bits per heavy atom. The van der Waals surface area contributed by atoms with Crippen molar-refractivity contribution in [2.24, 2.45) is 17.8 Å². The predicted octanol–water partition coefficient (Wildman–Crippen LogP) is 2.93. The van der Waals surface area contributed by atoms with Crippen molar-refractivity contribution in [2.45, 2.75) is 103 Å². The Hall–Kier alpha value is -1.93. The molecule has 0 aromatic carbocycles. The van der Waals surface area contributed by atoms with E-state index in [9.17, 15) is 14.7 Å². The standard InChI is InChI=1S/C26H47N5O3/c1-5-6-12-29-25(33)21(18(2)3)15-24(32)22(13-19-10-8-7-9-11-19)31-26(34)23(27-4)14-20-16-28-17-30-20/h16-19,21-24,27,32H,5-15H2,1-4H3,(H,28,30)(H,29,33)(H,31,34). The van der Waals surface area contributed by atoms with Crippen molar-refractivity contribution in [3.05, 3.63) is 18.2 Å². The van der Waals surface area contributed by atoms with Gasteiger partial charge in [-0.3, -0.25) is 9.59 Å². The average Bonchev–Trinajstić information content (AvgIpc) is 3.34. The van der Waals surface area contributed by atoms with Crippen LogP contribution in [0.1, 0.15) is 84.3 Å². The third-order valence-corrected chi connectivity index (χ3v) is 7.21. The SMILES string of the molecule is CCCCNC(=O)C(CC(O)C(CC1CCCCC1)NC(=O)C(Cc1cnc[nH]1)NC)C(C)C. The molecule has 0 saturated heterocycles. The third kappa shape index (κ3) is 9.37. The lowest BCUT2D eigenvalue weighted by molar-refractivity contribution is -0.128. The minimum absolute atomic E-state index is 0.00223. The van der Waals surface area contributed by atoms with E-state index in [1.165, 1.54) is 19.3 Å². The van der Waals surface area contributed by atoms with Crippen LogP contribution in [0.15, 0.2) is 12.5 Å². The van der Waals surface area contributed by atoms with Gasteiger partial charge in [-0.2, -0.15) is 0 Å². The molecule has 34 heavy (non-hydrogen) atoms. The zero-order valence-corrected chi connectivity index (χ0v) is 21.6. The van der Waals surface area contributed by atoms with Crippen LogP contribution in [0.4, 0.5) is 0 Å². The minimum atomic E-state index is -0.778. The van der Waals surface area contributed by atoms with Gasteiger partial charge in [0.15, 0.2) is 0 Å². The van der Waals surface area contributed by atoms with Crippen molar-refractivity contribution < 1.29 is 14.7 Å². The van der Waals surface area contributed by atoms with Gasteiger partial charge in [0.2, 0.25) is 11.8 Å². The van der Waals surface area contributed by atoms with Crippen LogP contribution in [0.5, 0.6) is 0 Å². The fraction of sp³-hybridized carbons (Fsp3) is 0.808. The summed E-state index contributed by atoms with van der Waals surface area (Å²) >= 11 is 0. The number of aromatic amines is 1. The monoisotopic (exact) mass is 477 g/mol. The molecule has 0 spiro atoms. The third-order valence-electron chi connectivity index (χ3n) is 7.21. The number of likely N-dealkylation sites (N-methyl/N-ethyl adjacent to an activating group) is 1. The first-order valence-electron chi connectivity index (χ1n) is 13.3. The van der Waals surface area contributed by atoms with E-state index in [1.807, 2.05) is 13.8 Å². The molecule has 8 heteroatoms. The van der Waals surface area contributed by atoms with Crippen LogP contribution < -0.4 is 16.0 Å². The van der Waals surface area contributed by atoms with Crippen LogP contribution in [-0.2, 0) is 16.0 Å². The summed E-state index contributed by atoms with van der Waals surface area (Å²) < 4.78 is 0. The van der Waals surface area contributed by atoms with Crippen molar-refractivity contribution in [1.29, 1.82) is 0 Å². The molecule has 4 unspecified atom stereocenters. The van der Waals surface area contributed by atoms with Crippen LogP contribution in [0.2, 0.25) is 0 Å². The molecule has 0 bridgehead atoms. The van der Waals surface area contributed by atoms with E-state index in [-0.39, 0.29) is 29.7 Å². The molecule has 5 N–H and O–H groups in total. The molecule has 0 radical (unpaired) electrons. The lowest BCUT2D eigenvalue weighted by atomic mass is 9.81. The van der Waals surface area contributed by atoms with E-state index in [2.05, 4.69) is 32.8 Å². The first-order chi connectivity index (χ1) is 16.3. The van der Waals surface area contributed by atoms with Crippen molar-refractivity contribution in [1.82, 2.24) is 25.9 Å². The number of nitrogens with one attached hydrogen (secondary N) is 4. The summed E-state index contributed by atoms with van der Waals surface area (Å²) in [6.45, 7) is 6.80. The van der Waals surface area contributed by atoms with Gasteiger partial charge >= 0.3 is 0 Å². The maximum absolute atomic E-state index is 13.2. The number of aliphatic hydroxyl groups excluding tert-OH is 1. The normalized spacial score (nSPS) is 18.3. The Balaban J connectivity index is 2.08. The summed E-state index contributed by atoms with van der Waals surface area (Å²) in [7, 11) is 1.77. The van der Waals surface area contributed by atoms with E-state index in [0.29, 0.717) is 25.3 Å². The molecule has 1 aliphatic rings. The number of carbonyl (C=O) groups excluding carboxylic acids is 2. The molecular weight excluding hydrogens is 430 g/mol. The van der Waals surface area contributed by atoms with Crippen molar-refractivity contribution >= 4 is 11.8 Å². The summed E-state index contributed by atoms with van der Waals surface area (Å²) in [6.07, 6.45) is 12.0. The van der Waals surface area contributed by atoms with Gasteiger partial charge < -0.3 is 26.0 Å². The van der Waals surface area contributed by atoms with E-state index >= 15 is 0 Å². The number of aliphatic hydroxyl groups is 1. The smallest absolute Gasteiger partial charge is 0.237 e. The fourth-order valence-electron chi connectivity index (χ4n) is 4.95. The number of hydrogen-bond acceptors (Lipinski definition) is 5. The molecule has 1 saturated carbocycles. The summed E-state index contributed by atoms with van der Waals surface area (Å²) in [5, 5.41) is 20.6. The van der Waals surface area contributed by atoms with Crippen molar-refractivity contribution in [2.75, 3.05) is 13.6 Å². The number of amides is 2. The van der Waals surface area contributed by atoms with E-state index in [4.69, 9.17) is 0 Å². The molecule has 1 aromatic rings. The summed E-state index contributed by atoms with van der Waals surface area (Å²) in [6, 6.07) is -0.808. The fourth-order valence-corrected chi connectivity index (χ4v) is 4.95. The second-order valence-corrected chi connectivity index (χ2v) is 10.3. The highest BCUT2D eigenvalue weighted by Gasteiger charge is 2.33. The van der Waals surface area contributed by atoms with Gasteiger partial charge in [-0.15, -0.1) is 0 Å². The van der Waals surface area contributed by atoms with Gasteiger partial charge in [-0.25, -0.2) is 4.98 Å². The van der Waals surface area contributed by atoms with Crippen molar-refractivity contribution in [3.63, 3.8) is 0 Å². The quantitative estimate of drug-likeness (QED) is 0.249. The van der Waals surface area contributed by atoms with E-state index < -0.39 is 12.1 Å². The van der Waals surface area contributed by atoms with Crippen LogP contribution in [0.25, 0.3) is 0 Å². The van der Waals surface area contributed by atoms with Gasteiger partial charge in [0.05, 0.1) is 24.5 Å². The summed E-state index contributed by atoms with van der Waals surface area (Å²) in [4.78, 5) is 33.1. The van der Waals surface area contributed by atoms with Crippen LogP contribution in [0.3, 0.4) is 0 Å². The Morgan fingerprint density at radius 3 is 2.53 bits per heavy atom. The molecule has 1 heterocycles. The maximum Gasteiger partial charge on any atom is 0.237 e. The summed E-state index contributed by atoms with van der Waals surface area (Å²) in [5.41, 5.74) is 0.877. The largest absolute Gasteiger partial charge is 0.391 e. The first kappa shape index (κ1) is 28.3. The highest BCUT2D eigenvalue weighted by Crippen LogP contribution is 2.29. The van der Waals surface area contributed by atoms with Crippen molar-refractivity contribution in [3.8, 4) is 0 Å². The lowest BCUT2D eigenvalue weighted by Gasteiger charge is -2.33. The topological polar surface area (TPSA) is 119 Å². The number of nitrogens with zero attached hydrogens (tertiary/aromatic N) is 1. The second-order valence-electron chi connectivity index (χ2n) is 10.3. The molecule has 1 aliphatic carbocycles. The molecule has 2 rings (SSSR count). The first-order valence-corrected chi connectivity index (χ1v) is 13.3. The minimum Gasteiger partial charge on any atom is -0.391 e. The number of hydrogen-bond donors (Lipinski definition) is 5. The van der Waals surface area contributed by atoms with Gasteiger partial charge in [0.25, 0.3) is 0 Å². The Morgan fingerprint density at radius 1 is 1.21 bits per heavy atom. The Labute approximate surface area is 205 Å². The molecule has 1 aromatic heterocycles. The van der Waals surface area contributed by atoms with Crippen LogP contribution in [0, 0.1) is 17.8 Å². The summed E-state index contributed by atoms with van der Waals surface area (Å²) in [5.74, 6) is 0.170. The van der Waals surface area contributed by atoms with E-state index in [0.717, 1.165) is 37.8 Å². The van der Waals surface area contributed by atoms with Gasteiger partial charge in [-0.05, 0) is 38.1 Å². The molecule has 1 fully saturated rings. The van der Waals surface area contributed by atoms with Gasteiger partial charge in [-0.1, -0.05) is 59.3 Å². The molecule has 2 amide bonds. The number of imidazole rings is 1. The van der Waals surface area contributed by atoms with Gasteiger partial charge in [0.1, 0.15) is 0 Å². The lowest BCUT2D eigenvalue weighted by Crippen LogP contribution is -2.53. The van der Waals surface area contributed by atoms with Crippen LogP contribution in [-0.4, -0.2) is 58.7 Å². The number of unbranched alkanes of at least 4 members (excludes halogenated alkanes) is 1. The highest BCUT2D eigenvalue weighted by molar-refractivity contribution is 5.82. The van der Waals surface area contributed by atoms with Gasteiger partial charge in [0, 0.05) is 30.8 Å². The average molecular weight is 478 g/mol. The number of rotatable bonds is 15. The Kier molecular flexibility index (Phi) is 12.6. The van der Waals surface area contributed by atoms with Crippen LogP contribution >= 0.6 is 0 Å².